The Morgan fingerprint density at radius 3 is 2.75 bits per heavy atom. The van der Waals surface area contributed by atoms with Crippen molar-refractivity contribution in [1.82, 2.24) is 9.88 Å². The minimum absolute atomic E-state index is 0.159. The molecule has 0 unspecified atom stereocenters. The number of hydrogen-bond donors (Lipinski definition) is 0. The van der Waals surface area contributed by atoms with E-state index in [4.69, 9.17) is 0 Å². The van der Waals surface area contributed by atoms with Gasteiger partial charge in [-0.3, -0.25) is 9.78 Å². The van der Waals surface area contributed by atoms with Gasteiger partial charge in [0.1, 0.15) is 5.69 Å². The topological polar surface area (TPSA) is 33.2 Å². The molecule has 1 aromatic rings. The molecule has 1 aliphatic rings. The van der Waals surface area contributed by atoms with Gasteiger partial charge in [0.15, 0.2) is 5.78 Å². The number of aromatic nitrogens is 1. The van der Waals surface area contributed by atoms with E-state index in [9.17, 15) is 4.79 Å². The van der Waals surface area contributed by atoms with Crippen LogP contribution >= 0.6 is 0 Å². The third kappa shape index (κ3) is 2.89. The highest BCUT2D eigenvalue weighted by Crippen LogP contribution is 2.09. The highest BCUT2D eigenvalue weighted by Gasteiger charge is 2.14. The molecule has 0 aliphatic carbocycles. The van der Waals surface area contributed by atoms with Crippen LogP contribution in [0.2, 0.25) is 0 Å². The van der Waals surface area contributed by atoms with E-state index in [1.807, 2.05) is 19.1 Å². The number of nitrogens with zero attached hydrogens (tertiary/aromatic N) is 2. The first-order chi connectivity index (χ1) is 7.75. The molecular weight excluding hydrogens is 200 g/mol. The number of carbonyl (C=O) groups excluding carboxylic acids is 1. The second kappa shape index (κ2) is 5.21. The maximum absolute atomic E-state index is 11.8. The van der Waals surface area contributed by atoms with Gasteiger partial charge in [-0.15, -0.1) is 0 Å². The largest absolute Gasteiger partial charge is 0.303 e. The number of rotatable bonds is 4. The Kier molecular flexibility index (Phi) is 3.67. The van der Waals surface area contributed by atoms with Crippen LogP contribution in [0.3, 0.4) is 0 Å². The van der Waals surface area contributed by atoms with Crippen molar-refractivity contribution in [3.8, 4) is 0 Å². The number of pyridine rings is 1. The number of Topliss-reactive ketones (excluding diaryl/α,β-unsaturated/α-hetero) is 1. The summed E-state index contributed by atoms with van der Waals surface area (Å²) in [6, 6.07) is 3.76. The van der Waals surface area contributed by atoms with Crippen LogP contribution in [0, 0.1) is 6.92 Å². The minimum Gasteiger partial charge on any atom is -0.303 e. The standard InChI is InChI=1S/C13H18N2O/c1-11-4-5-12(14-10-11)13(16)6-9-15-7-2-3-8-15/h4-5,10H,2-3,6-9H2,1H3. The predicted molar refractivity (Wildman–Crippen MR) is 63.6 cm³/mol. The quantitative estimate of drug-likeness (QED) is 0.725. The van der Waals surface area contributed by atoms with E-state index < -0.39 is 0 Å². The van der Waals surface area contributed by atoms with Crippen molar-refractivity contribution in [2.24, 2.45) is 0 Å². The molecule has 86 valence electrons. The van der Waals surface area contributed by atoms with E-state index in [0.717, 1.165) is 25.2 Å². The van der Waals surface area contributed by atoms with Gasteiger partial charge in [-0.25, -0.2) is 0 Å². The smallest absolute Gasteiger partial charge is 0.182 e. The highest BCUT2D eigenvalue weighted by atomic mass is 16.1. The average molecular weight is 218 g/mol. The van der Waals surface area contributed by atoms with Gasteiger partial charge in [0.2, 0.25) is 0 Å². The summed E-state index contributed by atoms with van der Waals surface area (Å²) in [5.41, 5.74) is 1.70. The molecule has 0 aromatic carbocycles. The Morgan fingerprint density at radius 1 is 1.38 bits per heavy atom. The Morgan fingerprint density at radius 2 is 2.12 bits per heavy atom. The van der Waals surface area contributed by atoms with Gasteiger partial charge in [0.05, 0.1) is 0 Å². The summed E-state index contributed by atoms with van der Waals surface area (Å²) in [5.74, 6) is 0.159. The third-order valence-corrected chi connectivity index (χ3v) is 3.05. The molecule has 1 fully saturated rings. The Labute approximate surface area is 96.5 Å². The fourth-order valence-corrected chi connectivity index (χ4v) is 2.03. The van der Waals surface area contributed by atoms with E-state index in [1.165, 1.54) is 12.8 Å². The maximum Gasteiger partial charge on any atom is 0.182 e. The zero-order valence-electron chi connectivity index (χ0n) is 9.78. The lowest BCUT2D eigenvalue weighted by Gasteiger charge is -2.13. The van der Waals surface area contributed by atoms with Crippen LogP contribution in [0.1, 0.15) is 35.3 Å². The van der Waals surface area contributed by atoms with Crippen LogP contribution in [-0.4, -0.2) is 35.3 Å². The molecule has 0 saturated carbocycles. The molecule has 3 heteroatoms. The van der Waals surface area contributed by atoms with Gasteiger partial charge in [-0.05, 0) is 44.5 Å². The predicted octanol–water partition coefficient (Wildman–Crippen LogP) is 2.06. The van der Waals surface area contributed by atoms with Crippen molar-refractivity contribution < 1.29 is 4.79 Å². The zero-order valence-corrected chi connectivity index (χ0v) is 9.78. The number of likely N-dealkylation sites (tertiary alicyclic amines) is 1. The Hall–Kier alpha value is -1.22. The second-order valence-corrected chi connectivity index (χ2v) is 4.44. The van der Waals surface area contributed by atoms with Gasteiger partial charge in [-0.1, -0.05) is 6.07 Å². The van der Waals surface area contributed by atoms with E-state index in [1.54, 1.807) is 6.20 Å². The summed E-state index contributed by atoms with van der Waals surface area (Å²) >= 11 is 0. The van der Waals surface area contributed by atoms with Gasteiger partial charge in [0.25, 0.3) is 0 Å². The summed E-state index contributed by atoms with van der Waals surface area (Å²) in [5, 5.41) is 0. The monoisotopic (exact) mass is 218 g/mol. The first kappa shape index (κ1) is 11.3. The lowest BCUT2D eigenvalue weighted by molar-refractivity contribution is 0.0964. The van der Waals surface area contributed by atoms with Crippen LogP contribution in [0.5, 0.6) is 0 Å². The molecular formula is C13H18N2O. The fraction of sp³-hybridized carbons (Fsp3) is 0.538. The molecule has 3 nitrogen and oxygen atoms in total. The molecule has 0 atom stereocenters. The van der Waals surface area contributed by atoms with Gasteiger partial charge in [-0.2, -0.15) is 0 Å². The minimum atomic E-state index is 0.159. The zero-order chi connectivity index (χ0) is 11.4. The molecule has 0 radical (unpaired) electrons. The van der Waals surface area contributed by atoms with Crippen molar-refractivity contribution in [2.75, 3.05) is 19.6 Å². The summed E-state index contributed by atoms with van der Waals surface area (Å²) in [6.07, 6.45) is 4.90. The number of hydrogen-bond acceptors (Lipinski definition) is 3. The molecule has 0 amide bonds. The average Bonchev–Trinajstić information content (AvgIpc) is 2.80. The number of carbonyl (C=O) groups is 1. The highest BCUT2D eigenvalue weighted by molar-refractivity contribution is 5.94. The summed E-state index contributed by atoms with van der Waals surface area (Å²) in [4.78, 5) is 18.3. The lowest BCUT2D eigenvalue weighted by atomic mass is 10.1. The first-order valence-corrected chi connectivity index (χ1v) is 5.94. The van der Waals surface area contributed by atoms with E-state index in [-0.39, 0.29) is 5.78 Å². The van der Waals surface area contributed by atoms with Crippen molar-refractivity contribution in [2.45, 2.75) is 26.2 Å². The van der Waals surface area contributed by atoms with Crippen LogP contribution in [0.15, 0.2) is 18.3 Å². The molecule has 1 aliphatic heterocycles. The molecule has 0 bridgehead atoms. The molecule has 0 N–H and O–H groups in total. The lowest BCUT2D eigenvalue weighted by Crippen LogP contribution is -2.22. The van der Waals surface area contributed by atoms with Crippen LogP contribution < -0.4 is 0 Å². The van der Waals surface area contributed by atoms with Crippen LogP contribution in [0.25, 0.3) is 0 Å². The summed E-state index contributed by atoms with van der Waals surface area (Å²) in [7, 11) is 0. The van der Waals surface area contributed by atoms with Gasteiger partial charge >= 0.3 is 0 Å². The van der Waals surface area contributed by atoms with Crippen molar-refractivity contribution in [1.29, 1.82) is 0 Å². The van der Waals surface area contributed by atoms with E-state index in [0.29, 0.717) is 12.1 Å². The molecule has 16 heavy (non-hydrogen) atoms. The van der Waals surface area contributed by atoms with Crippen molar-refractivity contribution in [3.63, 3.8) is 0 Å². The van der Waals surface area contributed by atoms with Crippen molar-refractivity contribution in [3.05, 3.63) is 29.6 Å². The molecule has 1 saturated heterocycles. The Bertz CT molecular complexity index is 353. The maximum atomic E-state index is 11.8. The molecule has 1 aromatic heterocycles. The van der Waals surface area contributed by atoms with Gasteiger partial charge in [0, 0.05) is 19.2 Å². The fourth-order valence-electron chi connectivity index (χ4n) is 2.03. The SMILES string of the molecule is Cc1ccc(C(=O)CCN2CCCC2)nc1. The summed E-state index contributed by atoms with van der Waals surface area (Å²) in [6.45, 7) is 5.16. The molecule has 2 heterocycles. The second-order valence-electron chi connectivity index (χ2n) is 4.44. The third-order valence-electron chi connectivity index (χ3n) is 3.05. The van der Waals surface area contributed by atoms with Crippen molar-refractivity contribution >= 4 is 5.78 Å². The first-order valence-electron chi connectivity index (χ1n) is 5.94. The van der Waals surface area contributed by atoms with E-state index >= 15 is 0 Å². The van der Waals surface area contributed by atoms with Crippen LogP contribution in [-0.2, 0) is 0 Å². The number of ketones is 1. The van der Waals surface area contributed by atoms with E-state index in [2.05, 4.69) is 9.88 Å². The Balaban J connectivity index is 1.85. The number of aryl methyl sites for hydroxylation is 1. The molecule has 0 spiro atoms. The normalized spacial score (nSPS) is 16.6. The van der Waals surface area contributed by atoms with Crippen LogP contribution in [0.4, 0.5) is 0 Å². The summed E-state index contributed by atoms with van der Waals surface area (Å²) < 4.78 is 0. The van der Waals surface area contributed by atoms with Gasteiger partial charge < -0.3 is 4.90 Å². The molecule has 2 rings (SSSR count).